The summed E-state index contributed by atoms with van der Waals surface area (Å²) in [5.74, 6) is -0.706. The molecule has 1 saturated carbocycles. The van der Waals surface area contributed by atoms with Gasteiger partial charge in [0.2, 0.25) is 5.91 Å². The number of benzene rings is 1. The van der Waals surface area contributed by atoms with E-state index in [4.69, 9.17) is 4.74 Å². The molecule has 0 atom stereocenters. The van der Waals surface area contributed by atoms with Crippen molar-refractivity contribution in [1.29, 1.82) is 0 Å². The molecule has 1 fully saturated rings. The summed E-state index contributed by atoms with van der Waals surface area (Å²) in [6.45, 7) is 1.91. The van der Waals surface area contributed by atoms with Crippen molar-refractivity contribution in [2.45, 2.75) is 26.2 Å². The molecule has 1 amide bonds. The minimum Gasteiger partial charge on any atom is -0.468 e. The summed E-state index contributed by atoms with van der Waals surface area (Å²) in [4.78, 5) is 24.1. The van der Waals surface area contributed by atoms with Crippen LogP contribution in [-0.4, -0.2) is 19.0 Å². The van der Waals surface area contributed by atoms with Crippen molar-refractivity contribution in [2.75, 3.05) is 12.4 Å². The number of halogens is 1. The molecule has 0 radical (unpaired) electrons. The Balaban J connectivity index is 2.18. The first kappa shape index (κ1) is 14.1. The molecule has 2 rings (SSSR count). The lowest BCUT2D eigenvalue weighted by Crippen LogP contribution is -2.48. The predicted octanol–water partition coefficient (Wildman–Crippen LogP) is 3.04. The van der Waals surface area contributed by atoms with Gasteiger partial charge in [0, 0.05) is 10.2 Å². The standard InChI is InChI=1S/C14H16BrNO3/c1-9-8-10(15)4-5-11(9)16-12(17)14(6-3-7-14)13(18)19-2/h4-5,8H,3,6-7H2,1-2H3,(H,16,17). The van der Waals surface area contributed by atoms with Crippen LogP contribution in [0.5, 0.6) is 0 Å². The number of methoxy groups -OCH3 is 1. The SMILES string of the molecule is COC(=O)C1(C(=O)Nc2ccc(Br)cc2C)CCC1. The molecule has 4 nitrogen and oxygen atoms in total. The Morgan fingerprint density at radius 1 is 1.37 bits per heavy atom. The molecule has 0 aliphatic heterocycles. The molecule has 1 aliphatic rings. The van der Waals surface area contributed by atoms with Crippen LogP contribution in [0, 0.1) is 12.3 Å². The summed E-state index contributed by atoms with van der Waals surface area (Å²) in [7, 11) is 1.32. The lowest BCUT2D eigenvalue weighted by atomic mass is 9.68. The average molecular weight is 326 g/mol. The fraction of sp³-hybridized carbons (Fsp3) is 0.429. The highest BCUT2D eigenvalue weighted by molar-refractivity contribution is 9.10. The lowest BCUT2D eigenvalue weighted by molar-refractivity contribution is -0.163. The zero-order valence-corrected chi connectivity index (χ0v) is 12.5. The normalized spacial score (nSPS) is 16.4. The van der Waals surface area contributed by atoms with Gasteiger partial charge in [0.25, 0.3) is 0 Å². The number of anilines is 1. The number of nitrogens with one attached hydrogen (secondary N) is 1. The minimum absolute atomic E-state index is 0.268. The van der Waals surface area contributed by atoms with Crippen molar-refractivity contribution in [1.82, 2.24) is 0 Å². The van der Waals surface area contributed by atoms with E-state index in [-0.39, 0.29) is 5.91 Å². The van der Waals surface area contributed by atoms with Gasteiger partial charge in [-0.15, -0.1) is 0 Å². The summed E-state index contributed by atoms with van der Waals surface area (Å²) >= 11 is 3.37. The number of hydrogen-bond acceptors (Lipinski definition) is 3. The Bertz CT molecular complexity index is 523. The second-order valence-electron chi connectivity index (χ2n) is 4.84. The van der Waals surface area contributed by atoms with Gasteiger partial charge in [-0.05, 0) is 43.5 Å². The molecule has 1 aromatic rings. The van der Waals surface area contributed by atoms with Crippen LogP contribution in [-0.2, 0) is 14.3 Å². The lowest BCUT2D eigenvalue weighted by Gasteiger charge is -2.37. The number of rotatable bonds is 3. The van der Waals surface area contributed by atoms with Crippen LogP contribution in [0.25, 0.3) is 0 Å². The van der Waals surface area contributed by atoms with Crippen LogP contribution >= 0.6 is 15.9 Å². The number of esters is 1. The molecule has 5 heteroatoms. The molecule has 0 heterocycles. The first-order valence-corrected chi connectivity index (χ1v) is 6.95. The van der Waals surface area contributed by atoms with Crippen molar-refractivity contribution in [3.8, 4) is 0 Å². The fourth-order valence-corrected chi connectivity index (χ4v) is 2.73. The largest absolute Gasteiger partial charge is 0.468 e. The van der Waals surface area contributed by atoms with Crippen LogP contribution in [0.15, 0.2) is 22.7 Å². The van der Waals surface area contributed by atoms with Gasteiger partial charge >= 0.3 is 5.97 Å². The van der Waals surface area contributed by atoms with Gasteiger partial charge in [0.15, 0.2) is 0 Å². The van der Waals surface area contributed by atoms with Crippen LogP contribution in [0.3, 0.4) is 0 Å². The molecule has 0 unspecified atom stereocenters. The van der Waals surface area contributed by atoms with Gasteiger partial charge in [-0.2, -0.15) is 0 Å². The molecule has 19 heavy (non-hydrogen) atoms. The molecule has 0 spiro atoms. The Labute approximate surface area is 120 Å². The number of aryl methyl sites for hydroxylation is 1. The maximum atomic E-state index is 12.3. The van der Waals surface area contributed by atoms with Crippen LogP contribution in [0.1, 0.15) is 24.8 Å². The summed E-state index contributed by atoms with van der Waals surface area (Å²) in [6.07, 6.45) is 1.99. The van der Waals surface area contributed by atoms with Gasteiger partial charge in [-0.1, -0.05) is 22.4 Å². The van der Waals surface area contributed by atoms with E-state index in [1.165, 1.54) is 7.11 Å². The highest BCUT2D eigenvalue weighted by atomic mass is 79.9. The first-order valence-electron chi connectivity index (χ1n) is 6.15. The molecule has 1 N–H and O–H groups in total. The third-order valence-electron chi connectivity index (χ3n) is 3.65. The number of amides is 1. The Hall–Kier alpha value is -1.36. The maximum Gasteiger partial charge on any atom is 0.321 e. The van der Waals surface area contributed by atoms with Crippen molar-refractivity contribution in [2.24, 2.45) is 5.41 Å². The molecule has 0 saturated heterocycles. The van der Waals surface area contributed by atoms with E-state index < -0.39 is 11.4 Å². The zero-order valence-electron chi connectivity index (χ0n) is 11.0. The van der Waals surface area contributed by atoms with Crippen molar-refractivity contribution < 1.29 is 14.3 Å². The Kier molecular flexibility index (Phi) is 3.94. The molecule has 0 bridgehead atoms. The van der Waals surface area contributed by atoms with Crippen molar-refractivity contribution in [3.05, 3.63) is 28.2 Å². The van der Waals surface area contributed by atoms with E-state index >= 15 is 0 Å². The number of ether oxygens (including phenoxy) is 1. The first-order chi connectivity index (χ1) is 8.99. The molecular formula is C14H16BrNO3. The Morgan fingerprint density at radius 3 is 2.53 bits per heavy atom. The third-order valence-corrected chi connectivity index (χ3v) is 4.15. The quantitative estimate of drug-likeness (QED) is 0.686. The summed E-state index contributed by atoms with van der Waals surface area (Å²) in [5, 5.41) is 2.83. The molecule has 102 valence electrons. The second kappa shape index (κ2) is 5.33. The highest BCUT2D eigenvalue weighted by Crippen LogP contribution is 2.43. The average Bonchev–Trinajstić information content (AvgIpc) is 2.31. The van der Waals surface area contributed by atoms with Crippen LogP contribution in [0.2, 0.25) is 0 Å². The highest BCUT2D eigenvalue weighted by Gasteiger charge is 2.52. The second-order valence-corrected chi connectivity index (χ2v) is 5.76. The Morgan fingerprint density at radius 2 is 2.05 bits per heavy atom. The van der Waals surface area contributed by atoms with Crippen LogP contribution in [0.4, 0.5) is 5.69 Å². The topological polar surface area (TPSA) is 55.4 Å². The van der Waals surface area contributed by atoms with E-state index in [2.05, 4.69) is 21.2 Å². The van der Waals surface area contributed by atoms with E-state index in [9.17, 15) is 9.59 Å². The molecule has 1 aliphatic carbocycles. The predicted molar refractivity (Wildman–Crippen MR) is 75.8 cm³/mol. The third kappa shape index (κ3) is 2.52. The van der Waals surface area contributed by atoms with Gasteiger partial charge < -0.3 is 10.1 Å². The van der Waals surface area contributed by atoms with E-state index in [0.29, 0.717) is 12.8 Å². The van der Waals surface area contributed by atoms with E-state index in [1.54, 1.807) is 0 Å². The summed E-state index contributed by atoms with van der Waals surface area (Å²) in [6, 6.07) is 5.59. The van der Waals surface area contributed by atoms with E-state index in [1.807, 2.05) is 25.1 Å². The van der Waals surface area contributed by atoms with Crippen molar-refractivity contribution in [3.63, 3.8) is 0 Å². The van der Waals surface area contributed by atoms with Gasteiger partial charge in [0.05, 0.1) is 7.11 Å². The van der Waals surface area contributed by atoms with Crippen LogP contribution < -0.4 is 5.32 Å². The van der Waals surface area contributed by atoms with Gasteiger partial charge in [-0.3, -0.25) is 9.59 Å². The maximum absolute atomic E-state index is 12.3. The van der Waals surface area contributed by atoms with Gasteiger partial charge in [-0.25, -0.2) is 0 Å². The number of carbonyl (C=O) groups is 2. The fourth-order valence-electron chi connectivity index (χ4n) is 2.26. The smallest absolute Gasteiger partial charge is 0.321 e. The zero-order chi connectivity index (χ0) is 14.0. The number of hydrogen-bond donors (Lipinski definition) is 1. The number of carbonyl (C=O) groups excluding carboxylic acids is 2. The molecular weight excluding hydrogens is 310 g/mol. The van der Waals surface area contributed by atoms with Crippen molar-refractivity contribution >= 4 is 33.5 Å². The summed E-state index contributed by atoms with van der Waals surface area (Å²) in [5.41, 5.74) is 0.680. The minimum atomic E-state index is -0.992. The monoisotopic (exact) mass is 325 g/mol. The van der Waals surface area contributed by atoms with E-state index in [0.717, 1.165) is 22.1 Å². The molecule has 0 aromatic heterocycles. The molecule has 1 aromatic carbocycles. The van der Waals surface area contributed by atoms with Gasteiger partial charge in [0.1, 0.15) is 5.41 Å². The summed E-state index contributed by atoms with van der Waals surface area (Å²) < 4.78 is 5.71.